The summed E-state index contributed by atoms with van der Waals surface area (Å²) in [4.78, 5) is 38.4. The van der Waals surface area contributed by atoms with Gasteiger partial charge in [-0.05, 0) is 18.6 Å². The van der Waals surface area contributed by atoms with Gasteiger partial charge < -0.3 is 19.9 Å². The minimum absolute atomic E-state index is 0.100. The number of nitrogens with one attached hydrogen (secondary N) is 2. The molecule has 0 bridgehead atoms. The molecular formula is C17H18ClF3N4O4. The van der Waals surface area contributed by atoms with E-state index in [1.807, 2.05) is 4.90 Å². The highest BCUT2D eigenvalue weighted by Gasteiger charge is 2.33. The van der Waals surface area contributed by atoms with E-state index in [0.29, 0.717) is 31.9 Å². The van der Waals surface area contributed by atoms with Crippen LogP contribution in [-0.4, -0.2) is 61.3 Å². The van der Waals surface area contributed by atoms with E-state index in [0.717, 1.165) is 0 Å². The largest absolute Gasteiger partial charge is 0.573 e. The number of benzene rings is 1. The number of piperazine rings is 1. The molecule has 1 aromatic carbocycles. The third kappa shape index (κ3) is 5.43. The number of anilines is 1. The highest BCUT2D eigenvalue weighted by atomic mass is 35.5. The van der Waals surface area contributed by atoms with Gasteiger partial charge in [0.1, 0.15) is 11.8 Å². The average molecular weight is 435 g/mol. The second-order valence-corrected chi connectivity index (χ2v) is 6.99. The van der Waals surface area contributed by atoms with Gasteiger partial charge in [0.25, 0.3) is 5.91 Å². The fourth-order valence-corrected chi connectivity index (χ4v) is 3.35. The van der Waals surface area contributed by atoms with E-state index < -0.39 is 30.1 Å². The van der Waals surface area contributed by atoms with E-state index >= 15 is 0 Å². The Morgan fingerprint density at radius 2 is 1.90 bits per heavy atom. The van der Waals surface area contributed by atoms with Gasteiger partial charge in [-0.2, -0.15) is 0 Å². The van der Waals surface area contributed by atoms with Crippen LogP contribution >= 0.6 is 11.6 Å². The van der Waals surface area contributed by atoms with Gasteiger partial charge in [-0.15, -0.1) is 13.2 Å². The van der Waals surface area contributed by atoms with Crippen LogP contribution in [0.2, 0.25) is 5.02 Å². The van der Waals surface area contributed by atoms with Crippen molar-refractivity contribution in [1.29, 1.82) is 0 Å². The predicted octanol–water partition coefficient (Wildman–Crippen LogP) is 1.88. The van der Waals surface area contributed by atoms with Gasteiger partial charge in [-0.3, -0.25) is 14.9 Å². The van der Waals surface area contributed by atoms with Crippen molar-refractivity contribution in [2.75, 3.05) is 31.1 Å². The molecule has 1 atom stereocenters. The van der Waals surface area contributed by atoms with Gasteiger partial charge in [0.2, 0.25) is 5.91 Å². The molecule has 2 aliphatic heterocycles. The number of alkyl halides is 3. The highest BCUT2D eigenvalue weighted by molar-refractivity contribution is 6.32. The molecule has 2 heterocycles. The second-order valence-electron chi connectivity index (χ2n) is 6.58. The lowest BCUT2D eigenvalue weighted by Crippen LogP contribution is -2.49. The van der Waals surface area contributed by atoms with Crippen LogP contribution in [0.15, 0.2) is 18.2 Å². The molecule has 2 fully saturated rings. The van der Waals surface area contributed by atoms with E-state index in [9.17, 15) is 27.6 Å². The van der Waals surface area contributed by atoms with Gasteiger partial charge in [-0.25, -0.2) is 4.79 Å². The fraction of sp³-hybridized carbons (Fsp3) is 0.471. The molecule has 0 aliphatic carbocycles. The summed E-state index contributed by atoms with van der Waals surface area (Å²) in [5, 5.41) is 4.39. The summed E-state index contributed by atoms with van der Waals surface area (Å²) >= 11 is 5.76. The van der Waals surface area contributed by atoms with Crippen molar-refractivity contribution < 1.29 is 32.3 Å². The smallest absolute Gasteiger partial charge is 0.404 e. The Hall–Kier alpha value is -2.69. The number of carbonyl (C=O) groups excluding carboxylic acids is 3. The Bertz CT molecular complexity index is 812. The highest BCUT2D eigenvalue weighted by Crippen LogP contribution is 2.34. The van der Waals surface area contributed by atoms with E-state index in [-0.39, 0.29) is 23.8 Å². The van der Waals surface area contributed by atoms with E-state index in [2.05, 4.69) is 15.4 Å². The number of carbonyl (C=O) groups is 3. The summed E-state index contributed by atoms with van der Waals surface area (Å²) in [5.41, 5.74) is 0.506. The van der Waals surface area contributed by atoms with Gasteiger partial charge in [0.15, 0.2) is 0 Å². The Morgan fingerprint density at radius 3 is 2.48 bits per heavy atom. The summed E-state index contributed by atoms with van der Waals surface area (Å²) in [7, 11) is 0. The number of ether oxygens (including phenoxy) is 1. The Labute approximate surface area is 168 Å². The molecule has 12 heteroatoms. The molecular weight excluding hydrogens is 417 g/mol. The predicted molar refractivity (Wildman–Crippen MR) is 96.6 cm³/mol. The molecule has 0 aromatic heterocycles. The average Bonchev–Trinajstić information content (AvgIpc) is 2.98. The number of imide groups is 1. The van der Waals surface area contributed by atoms with E-state index in [1.165, 1.54) is 12.1 Å². The molecule has 158 valence electrons. The molecule has 1 unspecified atom stereocenters. The summed E-state index contributed by atoms with van der Waals surface area (Å²) in [6.45, 7) is 1.58. The van der Waals surface area contributed by atoms with Crippen molar-refractivity contribution in [2.45, 2.75) is 25.2 Å². The zero-order valence-corrected chi connectivity index (χ0v) is 15.8. The lowest BCUT2D eigenvalue weighted by atomic mass is 10.1. The van der Waals surface area contributed by atoms with Crippen LogP contribution in [0.5, 0.6) is 5.75 Å². The summed E-state index contributed by atoms with van der Waals surface area (Å²) in [6.07, 6.45) is -4.54. The van der Waals surface area contributed by atoms with Crippen LogP contribution in [-0.2, 0) is 9.59 Å². The van der Waals surface area contributed by atoms with Gasteiger partial charge in [0.05, 0.1) is 5.02 Å². The standard InChI is InChI=1S/C17H18ClF3N4O4/c18-11-2-1-10(9-13(11)29-17(19,20)21)24-5-7-25(8-6-24)14(26)4-3-12-15(27)23-16(28)22-12/h1-2,9,12H,3-8H2,(H2,22,23,27,28). The molecule has 2 N–H and O–H groups in total. The lowest BCUT2D eigenvalue weighted by Gasteiger charge is -2.36. The van der Waals surface area contributed by atoms with Gasteiger partial charge in [-0.1, -0.05) is 11.6 Å². The first-order chi connectivity index (χ1) is 13.6. The van der Waals surface area contributed by atoms with Crippen molar-refractivity contribution in [3.8, 4) is 5.75 Å². The first-order valence-corrected chi connectivity index (χ1v) is 9.19. The molecule has 2 saturated heterocycles. The van der Waals surface area contributed by atoms with Crippen LogP contribution in [0.3, 0.4) is 0 Å². The zero-order valence-electron chi connectivity index (χ0n) is 15.1. The summed E-state index contributed by atoms with van der Waals surface area (Å²) in [5.74, 6) is -1.09. The number of urea groups is 1. The molecule has 2 aliphatic rings. The number of hydrogen-bond acceptors (Lipinski definition) is 5. The minimum Gasteiger partial charge on any atom is -0.404 e. The second kappa shape index (κ2) is 8.36. The molecule has 1 aromatic rings. The fourth-order valence-electron chi connectivity index (χ4n) is 3.19. The molecule has 0 radical (unpaired) electrons. The Morgan fingerprint density at radius 1 is 1.21 bits per heavy atom. The minimum atomic E-state index is -4.84. The van der Waals surface area contributed by atoms with Crippen LogP contribution in [0, 0.1) is 0 Å². The van der Waals surface area contributed by atoms with Crippen molar-refractivity contribution >= 4 is 35.1 Å². The van der Waals surface area contributed by atoms with Crippen molar-refractivity contribution in [1.82, 2.24) is 15.5 Å². The van der Waals surface area contributed by atoms with Crippen LogP contribution in [0.1, 0.15) is 12.8 Å². The van der Waals surface area contributed by atoms with Gasteiger partial charge in [0, 0.05) is 44.4 Å². The third-order valence-corrected chi connectivity index (χ3v) is 4.96. The summed E-state index contributed by atoms with van der Waals surface area (Å²) in [6, 6.07) is 2.85. The first-order valence-electron chi connectivity index (χ1n) is 8.82. The first kappa shape index (κ1) is 21.0. The molecule has 3 rings (SSSR count). The number of rotatable bonds is 5. The lowest BCUT2D eigenvalue weighted by molar-refractivity contribution is -0.274. The number of hydrogen-bond donors (Lipinski definition) is 2. The zero-order chi connectivity index (χ0) is 21.2. The number of amides is 4. The van der Waals surface area contributed by atoms with Crippen molar-refractivity contribution in [3.05, 3.63) is 23.2 Å². The molecule has 0 saturated carbocycles. The maximum Gasteiger partial charge on any atom is 0.573 e. The molecule has 4 amide bonds. The molecule has 8 nitrogen and oxygen atoms in total. The Kier molecular flexibility index (Phi) is 6.06. The van der Waals surface area contributed by atoms with Crippen LogP contribution < -0.4 is 20.3 Å². The molecule has 29 heavy (non-hydrogen) atoms. The number of halogens is 4. The maximum absolute atomic E-state index is 12.5. The Balaban J connectivity index is 1.52. The molecule has 0 spiro atoms. The normalized spacial score (nSPS) is 19.8. The topological polar surface area (TPSA) is 91.0 Å². The van der Waals surface area contributed by atoms with E-state index in [1.54, 1.807) is 11.0 Å². The number of nitrogens with zero attached hydrogens (tertiary/aromatic N) is 2. The summed E-state index contributed by atoms with van der Waals surface area (Å²) < 4.78 is 41.4. The maximum atomic E-state index is 12.5. The van der Waals surface area contributed by atoms with E-state index in [4.69, 9.17) is 11.6 Å². The van der Waals surface area contributed by atoms with Gasteiger partial charge >= 0.3 is 12.4 Å². The van der Waals surface area contributed by atoms with Crippen LogP contribution in [0.4, 0.5) is 23.7 Å². The monoisotopic (exact) mass is 434 g/mol. The van der Waals surface area contributed by atoms with Crippen molar-refractivity contribution in [3.63, 3.8) is 0 Å². The van der Waals surface area contributed by atoms with Crippen LogP contribution in [0.25, 0.3) is 0 Å². The third-order valence-electron chi connectivity index (χ3n) is 4.64. The van der Waals surface area contributed by atoms with Crippen molar-refractivity contribution in [2.24, 2.45) is 0 Å². The quantitative estimate of drug-likeness (QED) is 0.690. The SMILES string of the molecule is O=C1NC(=O)C(CCC(=O)N2CCN(c3ccc(Cl)c(OC(F)(F)F)c3)CC2)N1.